The highest BCUT2D eigenvalue weighted by Crippen LogP contribution is 2.18. The van der Waals surface area contributed by atoms with Gasteiger partial charge in [0.25, 0.3) is 5.91 Å². The highest BCUT2D eigenvalue weighted by molar-refractivity contribution is 14.1. The summed E-state index contributed by atoms with van der Waals surface area (Å²) < 4.78 is 14.0. The number of halogens is 2. The first-order valence-corrected chi connectivity index (χ1v) is 4.71. The van der Waals surface area contributed by atoms with Crippen LogP contribution in [-0.4, -0.2) is 5.91 Å². The lowest BCUT2D eigenvalue weighted by molar-refractivity contribution is 0.0996. The zero-order chi connectivity index (χ0) is 10.7. The van der Waals surface area contributed by atoms with Crippen molar-refractivity contribution >= 4 is 28.5 Å². The average molecular weight is 308 g/mol. The summed E-state index contributed by atoms with van der Waals surface area (Å²) in [7, 11) is 0. The Bertz CT molecular complexity index is 395. The minimum atomic E-state index is -0.854. The van der Waals surface area contributed by atoms with Gasteiger partial charge in [0.05, 0.1) is 5.56 Å². The van der Waals surface area contributed by atoms with Crippen LogP contribution in [0.25, 0.3) is 0 Å². The van der Waals surface area contributed by atoms with E-state index in [4.69, 9.17) is 5.73 Å². The molecule has 1 rings (SSSR count). The predicted molar refractivity (Wildman–Crippen MR) is 57.1 cm³/mol. The van der Waals surface area contributed by atoms with Crippen molar-refractivity contribution in [1.29, 1.82) is 0 Å². The summed E-state index contributed by atoms with van der Waals surface area (Å²) in [4.78, 5) is 20.8. The normalized spacial score (nSPS) is 9.86. The lowest BCUT2D eigenvalue weighted by atomic mass is 10.1. The van der Waals surface area contributed by atoms with Gasteiger partial charge in [-0.05, 0) is 34.7 Å². The van der Waals surface area contributed by atoms with Crippen LogP contribution in [0.2, 0.25) is 0 Å². The zero-order valence-corrected chi connectivity index (χ0v) is 9.12. The number of nitrogens with zero attached hydrogens (tertiary/aromatic N) is 1. The van der Waals surface area contributed by atoms with Gasteiger partial charge in [0.1, 0.15) is 12.4 Å². The molecule has 0 saturated heterocycles. The summed E-state index contributed by atoms with van der Waals surface area (Å²) in [6.07, 6.45) is 0. The smallest absolute Gasteiger partial charge is 0.251 e. The maximum atomic E-state index is 13.4. The number of nitroso groups, excluding NO2 is 1. The van der Waals surface area contributed by atoms with Gasteiger partial charge in [-0.25, -0.2) is 4.39 Å². The van der Waals surface area contributed by atoms with Crippen LogP contribution in [0.1, 0.15) is 15.9 Å². The second-order valence-electron chi connectivity index (χ2n) is 2.58. The minimum Gasteiger partial charge on any atom is -0.366 e. The highest BCUT2D eigenvalue weighted by Gasteiger charge is 2.13. The van der Waals surface area contributed by atoms with E-state index < -0.39 is 11.7 Å². The molecule has 1 aromatic rings. The standard InChI is InChI=1S/C8H6FIN2O2/c9-7-4(3-12-14)1-5(10)2-6(7)8(11)13/h1-2H,3H2,(H2,11,13). The van der Waals surface area contributed by atoms with Crippen molar-refractivity contribution in [2.24, 2.45) is 10.9 Å². The Balaban J connectivity index is 3.31. The third-order valence-electron chi connectivity index (χ3n) is 1.61. The number of carbonyl (C=O) groups excluding carboxylic acids is 1. The van der Waals surface area contributed by atoms with Gasteiger partial charge in [-0.15, -0.1) is 0 Å². The van der Waals surface area contributed by atoms with Crippen LogP contribution < -0.4 is 5.73 Å². The van der Waals surface area contributed by atoms with Crippen LogP contribution in [0.5, 0.6) is 0 Å². The molecule has 0 unspecified atom stereocenters. The molecule has 0 atom stereocenters. The Kier molecular flexibility index (Phi) is 3.50. The van der Waals surface area contributed by atoms with Crippen LogP contribution in [0, 0.1) is 14.3 Å². The Morgan fingerprint density at radius 2 is 2.21 bits per heavy atom. The van der Waals surface area contributed by atoms with Gasteiger partial charge in [0, 0.05) is 9.13 Å². The van der Waals surface area contributed by atoms with E-state index in [-0.39, 0.29) is 17.7 Å². The summed E-state index contributed by atoms with van der Waals surface area (Å²) in [5, 5.41) is 2.56. The van der Waals surface area contributed by atoms with Gasteiger partial charge >= 0.3 is 0 Å². The topological polar surface area (TPSA) is 72.5 Å². The molecule has 1 aromatic carbocycles. The van der Waals surface area contributed by atoms with E-state index in [9.17, 15) is 14.1 Å². The molecule has 0 fully saturated rings. The van der Waals surface area contributed by atoms with E-state index in [1.165, 1.54) is 12.1 Å². The van der Waals surface area contributed by atoms with Gasteiger partial charge < -0.3 is 5.73 Å². The lowest BCUT2D eigenvalue weighted by Crippen LogP contribution is -2.14. The van der Waals surface area contributed by atoms with Crippen LogP contribution in [0.4, 0.5) is 4.39 Å². The van der Waals surface area contributed by atoms with Gasteiger partial charge in [0.15, 0.2) is 0 Å². The van der Waals surface area contributed by atoms with Crippen molar-refractivity contribution in [2.75, 3.05) is 0 Å². The Hall–Kier alpha value is -1.05. The molecule has 0 aliphatic heterocycles. The number of nitrogens with two attached hydrogens (primary N) is 1. The monoisotopic (exact) mass is 308 g/mol. The maximum Gasteiger partial charge on any atom is 0.251 e. The largest absolute Gasteiger partial charge is 0.366 e. The summed E-state index contributed by atoms with van der Waals surface area (Å²) >= 11 is 1.90. The van der Waals surface area contributed by atoms with E-state index in [2.05, 4.69) is 5.18 Å². The Morgan fingerprint density at radius 3 is 2.71 bits per heavy atom. The van der Waals surface area contributed by atoms with Crippen LogP contribution >= 0.6 is 22.6 Å². The average Bonchev–Trinajstić information content (AvgIpc) is 2.10. The van der Waals surface area contributed by atoms with E-state index in [0.717, 1.165) is 0 Å². The van der Waals surface area contributed by atoms with Gasteiger partial charge in [-0.1, -0.05) is 5.18 Å². The summed E-state index contributed by atoms with van der Waals surface area (Å²) in [6.45, 7) is -0.303. The van der Waals surface area contributed by atoms with Crippen molar-refractivity contribution in [1.82, 2.24) is 0 Å². The van der Waals surface area contributed by atoms with Gasteiger partial charge in [0.2, 0.25) is 0 Å². The second kappa shape index (κ2) is 4.45. The highest BCUT2D eigenvalue weighted by atomic mass is 127. The number of hydrogen-bond acceptors (Lipinski definition) is 3. The van der Waals surface area contributed by atoms with E-state index in [1.54, 1.807) is 0 Å². The fourth-order valence-electron chi connectivity index (χ4n) is 1.01. The quantitative estimate of drug-likeness (QED) is 0.683. The van der Waals surface area contributed by atoms with Gasteiger partial charge in [-0.2, -0.15) is 4.91 Å². The van der Waals surface area contributed by atoms with Crippen molar-refractivity contribution < 1.29 is 9.18 Å². The fraction of sp³-hybridized carbons (Fsp3) is 0.125. The fourth-order valence-corrected chi connectivity index (χ4v) is 1.70. The third-order valence-corrected chi connectivity index (χ3v) is 2.24. The van der Waals surface area contributed by atoms with E-state index in [0.29, 0.717) is 3.57 Å². The molecular weight excluding hydrogens is 302 g/mol. The molecule has 4 nitrogen and oxygen atoms in total. The number of rotatable bonds is 3. The Labute approximate surface area is 92.8 Å². The van der Waals surface area contributed by atoms with Crippen molar-refractivity contribution in [3.8, 4) is 0 Å². The van der Waals surface area contributed by atoms with Crippen molar-refractivity contribution in [3.05, 3.63) is 37.6 Å². The number of carbonyl (C=O) groups is 1. The molecule has 2 N–H and O–H groups in total. The van der Waals surface area contributed by atoms with Gasteiger partial charge in [-0.3, -0.25) is 4.79 Å². The van der Waals surface area contributed by atoms with Crippen LogP contribution in [0.3, 0.4) is 0 Å². The first-order valence-electron chi connectivity index (χ1n) is 3.63. The molecule has 0 radical (unpaired) electrons. The molecule has 0 heterocycles. The molecule has 0 spiro atoms. The predicted octanol–water partition coefficient (Wildman–Crippen LogP) is 1.80. The van der Waals surface area contributed by atoms with E-state index >= 15 is 0 Å². The molecule has 0 aromatic heterocycles. The first kappa shape index (κ1) is 11.0. The van der Waals surface area contributed by atoms with E-state index in [1.807, 2.05) is 22.6 Å². The number of primary amides is 1. The molecule has 0 aliphatic carbocycles. The molecule has 1 amide bonds. The minimum absolute atomic E-state index is 0.0840. The summed E-state index contributed by atoms with van der Waals surface area (Å²) in [6, 6.07) is 2.77. The summed E-state index contributed by atoms with van der Waals surface area (Å²) in [5.41, 5.74) is 4.83. The zero-order valence-electron chi connectivity index (χ0n) is 6.96. The molecule has 0 saturated carbocycles. The molecule has 0 aliphatic rings. The molecule has 6 heteroatoms. The van der Waals surface area contributed by atoms with Crippen LogP contribution in [-0.2, 0) is 6.54 Å². The SMILES string of the molecule is NC(=O)c1cc(I)cc(CN=O)c1F. The van der Waals surface area contributed by atoms with Crippen molar-refractivity contribution in [2.45, 2.75) is 6.54 Å². The molecule has 74 valence electrons. The second-order valence-corrected chi connectivity index (χ2v) is 3.82. The third kappa shape index (κ3) is 2.25. The molecule has 14 heavy (non-hydrogen) atoms. The number of hydrogen-bond donors (Lipinski definition) is 1. The number of benzene rings is 1. The first-order chi connectivity index (χ1) is 6.56. The Morgan fingerprint density at radius 1 is 1.57 bits per heavy atom. The maximum absolute atomic E-state index is 13.4. The molecule has 0 bridgehead atoms. The molecular formula is C8H6FIN2O2. The van der Waals surface area contributed by atoms with Crippen molar-refractivity contribution in [3.63, 3.8) is 0 Å². The lowest BCUT2D eigenvalue weighted by Gasteiger charge is -2.03. The van der Waals surface area contributed by atoms with Crippen LogP contribution in [0.15, 0.2) is 17.3 Å². The number of amides is 1. The summed E-state index contributed by atoms with van der Waals surface area (Å²) in [5.74, 6) is -1.62.